The standard InChI is InChI=1S/C23H26N2O8/c1-13-15-11-23(33-17-9-6-10-30-17)16(12-31-21(27)14-7-4-3-5-8-14)32-20(18(23)26)25(15)22(28)24-19(13)29-2/h3-5,7-8,16-18,20,26H,6,9-12H2,1-2H3/t16-,17?,18-,20-,23+/m0/s1. The van der Waals surface area contributed by atoms with Crippen LogP contribution in [0.4, 0.5) is 0 Å². The molecule has 1 N–H and O–H groups in total. The largest absolute Gasteiger partial charge is 0.481 e. The molecule has 3 aliphatic rings. The van der Waals surface area contributed by atoms with Gasteiger partial charge in [0.2, 0.25) is 5.88 Å². The highest BCUT2D eigenvalue weighted by Crippen LogP contribution is 2.48. The molecule has 33 heavy (non-hydrogen) atoms. The number of rotatable bonds is 6. The van der Waals surface area contributed by atoms with E-state index in [0.29, 0.717) is 29.8 Å². The number of methoxy groups -OCH3 is 1. The van der Waals surface area contributed by atoms with Crippen LogP contribution >= 0.6 is 0 Å². The molecule has 5 rings (SSSR count). The lowest BCUT2D eigenvalue weighted by Gasteiger charge is -2.41. The number of aliphatic hydroxyl groups is 1. The maximum absolute atomic E-state index is 12.8. The number of aliphatic hydroxyl groups excluding tert-OH is 1. The fourth-order valence-electron chi connectivity index (χ4n) is 4.86. The van der Waals surface area contributed by atoms with Gasteiger partial charge in [-0.2, -0.15) is 4.98 Å². The van der Waals surface area contributed by atoms with Crippen LogP contribution in [0.25, 0.3) is 0 Å². The second kappa shape index (κ2) is 8.53. The van der Waals surface area contributed by atoms with Crippen LogP contribution in [0, 0.1) is 6.92 Å². The van der Waals surface area contributed by atoms with Gasteiger partial charge in [-0.05, 0) is 25.5 Å². The molecule has 5 atom stereocenters. The van der Waals surface area contributed by atoms with E-state index in [4.69, 9.17) is 23.7 Å². The fraction of sp³-hybridized carbons (Fsp3) is 0.522. The number of aromatic nitrogens is 2. The predicted molar refractivity (Wildman–Crippen MR) is 113 cm³/mol. The molecule has 176 valence electrons. The SMILES string of the molecule is COc1nc(=O)n2c(c1C)C[C@@]1(OC3CCCO3)[C@H](COC(=O)c3ccccc3)O[C@H]2[C@@H]1O. The Morgan fingerprint density at radius 2 is 2.12 bits per heavy atom. The molecule has 4 heterocycles. The summed E-state index contributed by atoms with van der Waals surface area (Å²) in [6.07, 6.45) is -1.96. The Bertz CT molecular complexity index is 1100. The van der Waals surface area contributed by atoms with Crippen molar-refractivity contribution < 1.29 is 33.6 Å². The van der Waals surface area contributed by atoms with Crippen molar-refractivity contribution in [1.29, 1.82) is 0 Å². The molecule has 0 radical (unpaired) electrons. The zero-order valence-corrected chi connectivity index (χ0v) is 18.4. The van der Waals surface area contributed by atoms with Gasteiger partial charge in [-0.3, -0.25) is 4.57 Å². The van der Waals surface area contributed by atoms with Gasteiger partial charge in [0, 0.05) is 30.7 Å². The first-order valence-corrected chi connectivity index (χ1v) is 11.0. The van der Waals surface area contributed by atoms with Crippen LogP contribution in [-0.2, 0) is 25.4 Å². The first-order chi connectivity index (χ1) is 15.9. The summed E-state index contributed by atoms with van der Waals surface area (Å²) in [5, 5.41) is 11.3. The van der Waals surface area contributed by atoms with E-state index < -0.39 is 42.0 Å². The lowest BCUT2D eigenvalue weighted by molar-refractivity contribution is -0.232. The van der Waals surface area contributed by atoms with Crippen LogP contribution in [-0.4, -0.2) is 65.0 Å². The molecule has 10 heteroatoms. The third-order valence-corrected chi connectivity index (χ3v) is 6.57. The summed E-state index contributed by atoms with van der Waals surface area (Å²) < 4.78 is 30.3. The molecule has 0 amide bonds. The van der Waals surface area contributed by atoms with Gasteiger partial charge < -0.3 is 28.8 Å². The molecule has 10 nitrogen and oxygen atoms in total. The van der Waals surface area contributed by atoms with Crippen LogP contribution in [0.1, 0.15) is 40.7 Å². The van der Waals surface area contributed by atoms with Gasteiger partial charge in [0.1, 0.15) is 24.4 Å². The monoisotopic (exact) mass is 458 g/mol. The Morgan fingerprint density at radius 1 is 1.33 bits per heavy atom. The number of benzene rings is 1. The fourth-order valence-corrected chi connectivity index (χ4v) is 4.86. The lowest BCUT2D eigenvalue weighted by atomic mass is 9.83. The van der Waals surface area contributed by atoms with Crippen molar-refractivity contribution in [3.8, 4) is 5.88 Å². The molecule has 0 saturated carbocycles. The highest BCUT2D eigenvalue weighted by Gasteiger charge is 2.63. The van der Waals surface area contributed by atoms with Gasteiger partial charge in [0.05, 0.1) is 12.7 Å². The zero-order chi connectivity index (χ0) is 23.2. The molecule has 2 bridgehead atoms. The highest BCUT2D eigenvalue weighted by molar-refractivity contribution is 5.89. The Balaban J connectivity index is 1.49. The van der Waals surface area contributed by atoms with Crippen LogP contribution in [0.5, 0.6) is 5.88 Å². The minimum absolute atomic E-state index is 0.137. The maximum Gasteiger partial charge on any atom is 0.353 e. The van der Waals surface area contributed by atoms with Crippen molar-refractivity contribution in [2.45, 2.75) is 56.5 Å². The minimum atomic E-state index is -1.28. The van der Waals surface area contributed by atoms with Gasteiger partial charge in [0.25, 0.3) is 0 Å². The van der Waals surface area contributed by atoms with E-state index in [-0.39, 0.29) is 18.9 Å². The quantitative estimate of drug-likeness (QED) is 0.635. The van der Waals surface area contributed by atoms with E-state index in [2.05, 4.69) is 4.98 Å². The van der Waals surface area contributed by atoms with Crippen molar-refractivity contribution in [2.75, 3.05) is 20.3 Å². The smallest absolute Gasteiger partial charge is 0.353 e. The number of carbonyl (C=O) groups is 1. The second-order valence-corrected chi connectivity index (χ2v) is 8.46. The summed E-state index contributed by atoms with van der Waals surface area (Å²) >= 11 is 0. The van der Waals surface area contributed by atoms with Gasteiger partial charge in [-0.1, -0.05) is 18.2 Å². The Hall–Kier alpha value is -2.79. The predicted octanol–water partition coefficient (Wildman–Crippen LogP) is 1.12. The molecule has 2 saturated heterocycles. The lowest BCUT2D eigenvalue weighted by Crippen LogP contribution is -2.58. The second-order valence-electron chi connectivity index (χ2n) is 8.46. The van der Waals surface area contributed by atoms with E-state index >= 15 is 0 Å². The summed E-state index contributed by atoms with van der Waals surface area (Å²) in [6.45, 7) is 2.18. The molecular formula is C23H26N2O8. The third-order valence-electron chi connectivity index (χ3n) is 6.57. The number of esters is 1. The summed E-state index contributed by atoms with van der Waals surface area (Å²) in [4.78, 5) is 29.3. The molecule has 3 aliphatic heterocycles. The number of hydrogen-bond donors (Lipinski definition) is 1. The molecule has 1 unspecified atom stereocenters. The van der Waals surface area contributed by atoms with Gasteiger partial charge in [0.15, 0.2) is 12.5 Å². The number of carbonyl (C=O) groups excluding carboxylic acids is 1. The first kappa shape index (κ1) is 22.0. The first-order valence-electron chi connectivity index (χ1n) is 11.0. The van der Waals surface area contributed by atoms with Crippen molar-refractivity contribution in [3.63, 3.8) is 0 Å². The molecule has 2 fully saturated rings. The molecular weight excluding hydrogens is 432 g/mol. The van der Waals surface area contributed by atoms with Crippen LogP contribution in [0.3, 0.4) is 0 Å². The molecule has 0 spiro atoms. The summed E-state index contributed by atoms with van der Waals surface area (Å²) in [5.74, 6) is -0.307. The normalized spacial score (nSPS) is 30.2. The van der Waals surface area contributed by atoms with E-state index in [9.17, 15) is 14.7 Å². The van der Waals surface area contributed by atoms with E-state index in [1.807, 2.05) is 0 Å². The Labute approximate surface area is 190 Å². The Kier molecular flexibility index (Phi) is 5.69. The average Bonchev–Trinajstić information content (AvgIpc) is 3.38. The van der Waals surface area contributed by atoms with Crippen molar-refractivity contribution in [3.05, 3.63) is 57.6 Å². The van der Waals surface area contributed by atoms with E-state index in [1.165, 1.54) is 11.7 Å². The molecule has 2 aromatic rings. The number of nitrogens with zero attached hydrogens (tertiary/aromatic N) is 2. The van der Waals surface area contributed by atoms with Gasteiger partial charge in [-0.25, -0.2) is 9.59 Å². The average molecular weight is 458 g/mol. The van der Waals surface area contributed by atoms with Crippen LogP contribution < -0.4 is 10.4 Å². The van der Waals surface area contributed by atoms with Gasteiger partial charge in [-0.15, -0.1) is 0 Å². The maximum atomic E-state index is 12.8. The van der Waals surface area contributed by atoms with Gasteiger partial charge >= 0.3 is 11.7 Å². The van der Waals surface area contributed by atoms with Crippen LogP contribution in [0.15, 0.2) is 35.1 Å². The van der Waals surface area contributed by atoms with Crippen LogP contribution in [0.2, 0.25) is 0 Å². The van der Waals surface area contributed by atoms with Crippen molar-refractivity contribution in [1.82, 2.24) is 9.55 Å². The van der Waals surface area contributed by atoms with Crippen molar-refractivity contribution in [2.24, 2.45) is 0 Å². The zero-order valence-electron chi connectivity index (χ0n) is 18.4. The Morgan fingerprint density at radius 3 is 2.82 bits per heavy atom. The molecule has 0 aliphatic carbocycles. The minimum Gasteiger partial charge on any atom is -0.481 e. The summed E-state index contributed by atoms with van der Waals surface area (Å²) in [5.41, 5.74) is -0.223. The topological polar surface area (TPSA) is 118 Å². The molecule has 1 aromatic carbocycles. The summed E-state index contributed by atoms with van der Waals surface area (Å²) in [7, 11) is 1.44. The van der Waals surface area contributed by atoms with E-state index in [0.717, 1.165) is 6.42 Å². The number of fused-ring (bicyclic) bond motifs is 4. The number of hydrogen-bond acceptors (Lipinski definition) is 9. The number of ether oxygens (including phenoxy) is 5. The van der Waals surface area contributed by atoms with E-state index in [1.54, 1.807) is 37.3 Å². The summed E-state index contributed by atoms with van der Waals surface area (Å²) in [6, 6.07) is 8.60. The molecule has 1 aromatic heterocycles. The highest BCUT2D eigenvalue weighted by atomic mass is 16.7. The van der Waals surface area contributed by atoms with Crippen molar-refractivity contribution >= 4 is 5.97 Å². The third kappa shape index (κ3) is 3.63.